The number of rotatable bonds is 5. The van der Waals surface area contributed by atoms with Crippen molar-refractivity contribution < 1.29 is 19.1 Å². The van der Waals surface area contributed by atoms with Crippen molar-refractivity contribution in [2.75, 3.05) is 6.54 Å². The molecule has 2 N–H and O–H groups in total. The van der Waals surface area contributed by atoms with E-state index >= 15 is 0 Å². The van der Waals surface area contributed by atoms with Gasteiger partial charge in [0.05, 0.1) is 24.8 Å². The van der Waals surface area contributed by atoms with Crippen molar-refractivity contribution in [3.05, 3.63) is 36.3 Å². The molecule has 0 fully saturated rings. The third kappa shape index (κ3) is 3.40. The molecule has 2 unspecified atom stereocenters. The molecule has 2 rings (SSSR count). The number of hydrogen-bond acceptors (Lipinski definition) is 3. The second-order valence-corrected chi connectivity index (χ2v) is 4.71. The predicted molar refractivity (Wildman–Crippen MR) is 72.0 cm³/mol. The summed E-state index contributed by atoms with van der Waals surface area (Å²) in [4.78, 5) is 24.6. The molecule has 2 atom stereocenters. The summed E-state index contributed by atoms with van der Waals surface area (Å²) >= 11 is 0. The molecule has 1 aliphatic carbocycles. The number of nitrogens with one attached hydrogen (secondary N) is 1. The van der Waals surface area contributed by atoms with Gasteiger partial charge in [0.15, 0.2) is 0 Å². The maximum atomic E-state index is 12.1. The fourth-order valence-corrected chi connectivity index (χ4v) is 2.16. The summed E-state index contributed by atoms with van der Waals surface area (Å²) in [5, 5.41) is 11.7. The lowest BCUT2D eigenvalue weighted by Crippen LogP contribution is -2.43. The van der Waals surface area contributed by atoms with E-state index in [4.69, 9.17) is 9.52 Å². The second-order valence-electron chi connectivity index (χ2n) is 4.71. The average molecular weight is 278 g/mol. The molecule has 6 nitrogen and oxygen atoms in total. The molecule has 1 aromatic rings. The van der Waals surface area contributed by atoms with E-state index in [1.807, 2.05) is 13.0 Å². The monoisotopic (exact) mass is 278 g/mol. The first kappa shape index (κ1) is 14.2. The van der Waals surface area contributed by atoms with Crippen molar-refractivity contribution in [1.82, 2.24) is 10.2 Å². The Hall–Kier alpha value is -2.24. The summed E-state index contributed by atoms with van der Waals surface area (Å²) in [5.41, 5.74) is 0. The van der Waals surface area contributed by atoms with Gasteiger partial charge in [0.25, 0.3) is 0 Å². The standard InChI is InChI=1S/C14H18N2O4/c1-2-16(9-12-4-3-7-20-12)14(19)15-11-6-5-10(8-11)13(17)18/h3-7,10-11H,2,8-9H2,1H3,(H,15,19)(H,17,18). The molecule has 2 amide bonds. The maximum absolute atomic E-state index is 12.1. The van der Waals surface area contributed by atoms with Gasteiger partial charge < -0.3 is 19.7 Å². The highest BCUT2D eigenvalue weighted by molar-refractivity contribution is 5.76. The van der Waals surface area contributed by atoms with Gasteiger partial charge in [0, 0.05) is 6.54 Å². The van der Waals surface area contributed by atoms with Gasteiger partial charge in [-0.15, -0.1) is 0 Å². The van der Waals surface area contributed by atoms with Crippen LogP contribution in [0.4, 0.5) is 4.79 Å². The summed E-state index contributed by atoms with van der Waals surface area (Å²) in [7, 11) is 0. The normalized spacial score (nSPS) is 20.9. The zero-order valence-electron chi connectivity index (χ0n) is 11.3. The number of furan rings is 1. The zero-order chi connectivity index (χ0) is 14.5. The molecule has 108 valence electrons. The lowest BCUT2D eigenvalue weighted by atomic mass is 10.1. The number of carboxylic acids is 1. The molecule has 0 saturated heterocycles. The molecule has 0 spiro atoms. The smallest absolute Gasteiger partial charge is 0.318 e. The zero-order valence-corrected chi connectivity index (χ0v) is 11.3. The SMILES string of the molecule is CCN(Cc1ccco1)C(=O)NC1C=CC(C(=O)O)C1. The highest BCUT2D eigenvalue weighted by Crippen LogP contribution is 2.18. The second kappa shape index (κ2) is 6.27. The van der Waals surface area contributed by atoms with Gasteiger partial charge in [0.1, 0.15) is 5.76 Å². The van der Waals surface area contributed by atoms with E-state index in [1.54, 1.807) is 29.4 Å². The van der Waals surface area contributed by atoms with Gasteiger partial charge in [-0.1, -0.05) is 12.2 Å². The van der Waals surface area contributed by atoms with Crippen molar-refractivity contribution in [3.8, 4) is 0 Å². The Morgan fingerprint density at radius 3 is 2.85 bits per heavy atom. The first-order valence-electron chi connectivity index (χ1n) is 6.59. The largest absolute Gasteiger partial charge is 0.481 e. The minimum atomic E-state index is -0.860. The third-order valence-corrected chi connectivity index (χ3v) is 3.31. The Balaban J connectivity index is 1.87. The molecule has 1 aromatic heterocycles. The minimum Gasteiger partial charge on any atom is -0.481 e. The van der Waals surface area contributed by atoms with Gasteiger partial charge in [-0.2, -0.15) is 0 Å². The fourth-order valence-electron chi connectivity index (χ4n) is 2.16. The van der Waals surface area contributed by atoms with E-state index in [0.29, 0.717) is 25.3 Å². The van der Waals surface area contributed by atoms with E-state index in [9.17, 15) is 9.59 Å². The van der Waals surface area contributed by atoms with Crippen LogP contribution in [0.3, 0.4) is 0 Å². The number of urea groups is 1. The molecule has 20 heavy (non-hydrogen) atoms. The van der Waals surface area contributed by atoms with Crippen molar-refractivity contribution in [2.24, 2.45) is 5.92 Å². The quantitative estimate of drug-likeness (QED) is 0.805. The molecule has 0 aromatic carbocycles. The lowest BCUT2D eigenvalue weighted by Gasteiger charge is -2.22. The summed E-state index contributed by atoms with van der Waals surface area (Å²) < 4.78 is 5.22. The van der Waals surface area contributed by atoms with E-state index in [2.05, 4.69) is 5.32 Å². The summed E-state index contributed by atoms with van der Waals surface area (Å²) in [6.07, 6.45) is 5.32. The molecule has 1 heterocycles. The minimum absolute atomic E-state index is 0.218. The molecule has 0 saturated carbocycles. The van der Waals surface area contributed by atoms with Crippen molar-refractivity contribution in [3.63, 3.8) is 0 Å². The van der Waals surface area contributed by atoms with Crippen LogP contribution < -0.4 is 5.32 Å². The van der Waals surface area contributed by atoms with Crippen LogP contribution in [0.25, 0.3) is 0 Å². The fraction of sp³-hybridized carbons (Fsp3) is 0.429. The Kier molecular flexibility index (Phi) is 4.45. The number of hydrogen-bond donors (Lipinski definition) is 2. The van der Waals surface area contributed by atoms with Crippen LogP contribution in [0.1, 0.15) is 19.1 Å². The Labute approximate surface area is 117 Å². The van der Waals surface area contributed by atoms with Crippen LogP contribution in [0.15, 0.2) is 35.0 Å². The number of carboxylic acid groups (broad SMARTS) is 1. The lowest BCUT2D eigenvalue weighted by molar-refractivity contribution is -0.140. The predicted octanol–water partition coefficient (Wildman–Crippen LogP) is 1.84. The van der Waals surface area contributed by atoms with Crippen LogP contribution in [0.2, 0.25) is 0 Å². The number of carbonyl (C=O) groups is 2. The first-order valence-corrected chi connectivity index (χ1v) is 6.59. The van der Waals surface area contributed by atoms with E-state index in [0.717, 1.165) is 0 Å². The van der Waals surface area contributed by atoms with E-state index in [-0.39, 0.29) is 12.1 Å². The number of carbonyl (C=O) groups excluding carboxylic acids is 1. The average Bonchev–Trinajstić information content (AvgIpc) is 3.06. The van der Waals surface area contributed by atoms with Crippen molar-refractivity contribution in [1.29, 1.82) is 0 Å². The Morgan fingerprint density at radius 2 is 2.30 bits per heavy atom. The maximum Gasteiger partial charge on any atom is 0.318 e. The van der Waals surface area contributed by atoms with E-state index in [1.165, 1.54) is 0 Å². The van der Waals surface area contributed by atoms with Crippen LogP contribution in [0, 0.1) is 5.92 Å². The highest BCUT2D eigenvalue weighted by Gasteiger charge is 2.26. The summed E-state index contributed by atoms with van der Waals surface area (Å²) in [6, 6.07) is 3.14. The summed E-state index contributed by atoms with van der Waals surface area (Å²) in [5.74, 6) is -0.659. The van der Waals surface area contributed by atoms with Crippen LogP contribution in [-0.2, 0) is 11.3 Å². The van der Waals surface area contributed by atoms with Gasteiger partial charge in [-0.3, -0.25) is 4.79 Å². The third-order valence-electron chi connectivity index (χ3n) is 3.31. The molecule has 0 radical (unpaired) electrons. The molecular formula is C14H18N2O4. The van der Waals surface area contributed by atoms with Crippen molar-refractivity contribution >= 4 is 12.0 Å². The van der Waals surface area contributed by atoms with E-state index < -0.39 is 11.9 Å². The van der Waals surface area contributed by atoms with Crippen molar-refractivity contribution in [2.45, 2.75) is 25.9 Å². The topological polar surface area (TPSA) is 82.8 Å². The van der Waals surface area contributed by atoms with Gasteiger partial charge >= 0.3 is 12.0 Å². The molecule has 6 heteroatoms. The van der Waals surface area contributed by atoms with Gasteiger partial charge in [-0.25, -0.2) is 4.79 Å². The Morgan fingerprint density at radius 1 is 1.50 bits per heavy atom. The number of amides is 2. The molecular weight excluding hydrogens is 260 g/mol. The van der Waals surface area contributed by atoms with Crippen LogP contribution >= 0.6 is 0 Å². The molecule has 1 aliphatic rings. The number of nitrogens with zero attached hydrogens (tertiary/aromatic N) is 1. The van der Waals surface area contributed by atoms with Crippen LogP contribution in [0.5, 0.6) is 0 Å². The number of aliphatic carboxylic acids is 1. The summed E-state index contributed by atoms with van der Waals surface area (Å²) in [6.45, 7) is 2.83. The van der Waals surface area contributed by atoms with Crippen LogP contribution in [-0.4, -0.2) is 34.6 Å². The van der Waals surface area contributed by atoms with Gasteiger partial charge in [-0.05, 0) is 25.5 Å². The molecule has 0 bridgehead atoms. The highest BCUT2D eigenvalue weighted by atomic mass is 16.4. The first-order chi connectivity index (χ1) is 9.60. The Bertz CT molecular complexity index is 495. The van der Waals surface area contributed by atoms with Gasteiger partial charge in [0.2, 0.25) is 0 Å². The molecule has 0 aliphatic heterocycles.